The van der Waals surface area contributed by atoms with Crippen LogP contribution in [0.15, 0.2) is 24.3 Å². The van der Waals surface area contributed by atoms with E-state index in [1.54, 1.807) is 13.8 Å². The fourth-order valence-electron chi connectivity index (χ4n) is 2.72. The molecular formula is C16H16N2O2. The van der Waals surface area contributed by atoms with Gasteiger partial charge in [-0.25, -0.2) is 4.79 Å². The molecular weight excluding hydrogens is 252 g/mol. The molecule has 0 saturated heterocycles. The number of nitrogens with two attached hydrogens (primary N) is 1. The van der Waals surface area contributed by atoms with Gasteiger partial charge in [0.25, 0.3) is 0 Å². The van der Waals surface area contributed by atoms with Crippen molar-refractivity contribution in [1.29, 1.82) is 0 Å². The molecule has 1 aliphatic rings. The summed E-state index contributed by atoms with van der Waals surface area (Å²) in [5, 5.41) is 0. The highest BCUT2D eigenvalue weighted by Crippen LogP contribution is 2.39. The molecule has 102 valence electrons. The Labute approximate surface area is 117 Å². The Morgan fingerprint density at radius 1 is 1.40 bits per heavy atom. The molecule has 0 spiro atoms. The topological polar surface area (TPSA) is 65.2 Å². The van der Waals surface area contributed by atoms with E-state index in [1.165, 1.54) is 5.56 Å². The third-order valence-corrected chi connectivity index (χ3v) is 3.64. The average Bonchev–Trinajstić information content (AvgIpc) is 2.78. The molecule has 2 N–H and O–H groups in total. The zero-order chi connectivity index (χ0) is 14.3. The first-order chi connectivity index (χ1) is 9.63. The summed E-state index contributed by atoms with van der Waals surface area (Å²) in [6.45, 7) is 3.90. The Hall–Kier alpha value is -2.36. The minimum Gasteiger partial charge on any atom is -0.462 e. The zero-order valence-electron chi connectivity index (χ0n) is 11.6. The second-order valence-corrected chi connectivity index (χ2v) is 4.87. The van der Waals surface area contributed by atoms with E-state index in [-0.39, 0.29) is 0 Å². The Balaban J connectivity index is 2.18. The molecule has 3 rings (SSSR count). The SMILES string of the molecule is CCOC(=O)c1c(C)nc2c(c1N)Cc1ccccc1-2. The Morgan fingerprint density at radius 3 is 2.90 bits per heavy atom. The molecule has 1 heterocycles. The largest absolute Gasteiger partial charge is 0.462 e. The van der Waals surface area contributed by atoms with Crippen molar-refractivity contribution < 1.29 is 9.53 Å². The molecule has 0 radical (unpaired) electrons. The molecule has 0 aliphatic heterocycles. The molecule has 4 nitrogen and oxygen atoms in total. The predicted octanol–water partition coefficient (Wildman–Crippen LogP) is 2.72. The van der Waals surface area contributed by atoms with E-state index in [1.807, 2.05) is 18.2 Å². The molecule has 0 amide bonds. The lowest BCUT2D eigenvalue weighted by Crippen LogP contribution is -2.13. The van der Waals surface area contributed by atoms with Gasteiger partial charge in [0.05, 0.1) is 23.7 Å². The summed E-state index contributed by atoms with van der Waals surface area (Å²) < 4.78 is 5.07. The Morgan fingerprint density at radius 2 is 2.15 bits per heavy atom. The Bertz CT molecular complexity index is 708. The van der Waals surface area contributed by atoms with Crippen LogP contribution in [0.3, 0.4) is 0 Å². The Kier molecular flexibility index (Phi) is 2.93. The van der Waals surface area contributed by atoms with Crippen LogP contribution in [0, 0.1) is 6.92 Å². The number of pyridine rings is 1. The maximum atomic E-state index is 12.0. The molecule has 1 aromatic carbocycles. The maximum Gasteiger partial charge on any atom is 0.342 e. The van der Waals surface area contributed by atoms with Crippen molar-refractivity contribution in [2.45, 2.75) is 20.3 Å². The number of ether oxygens (including phenoxy) is 1. The molecule has 20 heavy (non-hydrogen) atoms. The highest BCUT2D eigenvalue weighted by atomic mass is 16.5. The van der Waals surface area contributed by atoms with Crippen LogP contribution in [0.4, 0.5) is 5.69 Å². The molecule has 0 saturated carbocycles. The lowest BCUT2D eigenvalue weighted by Gasteiger charge is -2.12. The lowest BCUT2D eigenvalue weighted by molar-refractivity contribution is 0.0526. The van der Waals surface area contributed by atoms with Gasteiger partial charge in [-0.15, -0.1) is 0 Å². The molecule has 1 aliphatic carbocycles. The summed E-state index contributed by atoms with van der Waals surface area (Å²) in [7, 11) is 0. The van der Waals surface area contributed by atoms with E-state index in [0.29, 0.717) is 23.6 Å². The third-order valence-electron chi connectivity index (χ3n) is 3.64. The number of carbonyl (C=O) groups is 1. The van der Waals surface area contributed by atoms with Gasteiger partial charge in [-0.1, -0.05) is 24.3 Å². The van der Waals surface area contributed by atoms with E-state index in [9.17, 15) is 4.79 Å². The molecule has 4 heteroatoms. The number of esters is 1. The van der Waals surface area contributed by atoms with E-state index in [4.69, 9.17) is 10.5 Å². The van der Waals surface area contributed by atoms with Crippen LogP contribution < -0.4 is 5.73 Å². The van der Waals surface area contributed by atoms with Crippen molar-refractivity contribution in [3.05, 3.63) is 46.6 Å². The van der Waals surface area contributed by atoms with Crippen molar-refractivity contribution in [1.82, 2.24) is 4.98 Å². The summed E-state index contributed by atoms with van der Waals surface area (Å²) in [4.78, 5) is 16.6. The highest BCUT2D eigenvalue weighted by molar-refractivity contribution is 5.99. The number of nitrogens with zero attached hydrogens (tertiary/aromatic N) is 1. The van der Waals surface area contributed by atoms with E-state index < -0.39 is 5.97 Å². The van der Waals surface area contributed by atoms with Crippen LogP contribution in [0.2, 0.25) is 0 Å². The number of carbonyl (C=O) groups excluding carboxylic acids is 1. The highest BCUT2D eigenvalue weighted by Gasteiger charge is 2.27. The third kappa shape index (κ3) is 1.76. The van der Waals surface area contributed by atoms with Crippen molar-refractivity contribution in [2.24, 2.45) is 0 Å². The van der Waals surface area contributed by atoms with Gasteiger partial charge in [-0.3, -0.25) is 4.98 Å². The van der Waals surface area contributed by atoms with Crippen LogP contribution in [-0.2, 0) is 11.2 Å². The summed E-state index contributed by atoms with van der Waals surface area (Å²) >= 11 is 0. The van der Waals surface area contributed by atoms with E-state index >= 15 is 0 Å². The average molecular weight is 268 g/mol. The standard InChI is InChI=1S/C16H16N2O2/c1-3-20-16(19)13-9(2)18-15-11-7-5-4-6-10(11)8-12(15)14(13)17/h4-7H,3,8H2,1-2H3,(H2,17,18). The summed E-state index contributed by atoms with van der Waals surface area (Å²) in [6, 6.07) is 8.09. The number of aromatic nitrogens is 1. The minimum absolute atomic E-state index is 0.328. The number of fused-ring (bicyclic) bond motifs is 3. The van der Waals surface area contributed by atoms with Gasteiger partial charge >= 0.3 is 5.97 Å². The summed E-state index contributed by atoms with van der Waals surface area (Å²) in [5.74, 6) is -0.395. The monoisotopic (exact) mass is 268 g/mol. The van der Waals surface area contributed by atoms with Gasteiger partial charge in [0.15, 0.2) is 0 Å². The van der Waals surface area contributed by atoms with Gasteiger partial charge in [0, 0.05) is 17.5 Å². The molecule has 1 aromatic heterocycles. The molecule has 0 bridgehead atoms. The van der Waals surface area contributed by atoms with Crippen molar-refractivity contribution in [3.8, 4) is 11.3 Å². The first kappa shape index (κ1) is 12.7. The van der Waals surface area contributed by atoms with Gasteiger partial charge in [0.2, 0.25) is 0 Å². The van der Waals surface area contributed by atoms with E-state index in [2.05, 4.69) is 11.1 Å². The van der Waals surface area contributed by atoms with Crippen molar-refractivity contribution in [3.63, 3.8) is 0 Å². The van der Waals surface area contributed by atoms with Crippen molar-refractivity contribution >= 4 is 11.7 Å². The number of hydrogen-bond acceptors (Lipinski definition) is 4. The molecule has 0 atom stereocenters. The van der Waals surface area contributed by atoms with Crippen LogP contribution in [0.1, 0.15) is 34.1 Å². The maximum absolute atomic E-state index is 12.0. The molecule has 0 unspecified atom stereocenters. The fraction of sp³-hybridized carbons (Fsp3) is 0.250. The first-order valence-electron chi connectivity index (χ1n) is 6.67. The minimum atomic E-state index is -0.395. The number of benzene rings is 1. The van der Waals surface area contributed by atoms with Gasteiger partial charge in [0.1, 0.15) is 5.56 Å². The van der Waals surface area contributed by atoms with Gasteiger partial charge in [-0.2, -0.15) is 0 Å². The van der Waals surface area contributed by atoms with Gasteiger partial charge in [-0.05, 0) is 19.4 Å². The second kappa shape index (κ2) is 4.63. The first-order valence-corrected chi connectivity index (χ1v) is 6.67. The van der Waals surface area contributed by atoms with Crippen LogP contribution in [-0.4, -0.2) is 17.6 Å². The normalized spacial score (nSPS) is 11.9. The molecule has 0 fully saturated rings. The lowest BCUT2D eigenvalue weighted by atomic mass is 10.0. The summed E-state index contributed by atoms with van der Waals surface area (Å²) in [5.41, 5.74) is 11.9. The van der Waals surface area contributed by atoms with Crippen molar-refractivity contribution in [2.75, 3.05) is 12.3 Å². The second-order valence-electron chi connectivity index (χ2n) is 4.87. The van der Waals surface area contributed by atoms with Crippen LogP contribution in [0.25, 0.3) is 11.3 Å². The predicted molar refractivity (Wildman–Crippen MR) is 77.6 cm³/mol. The number of hydrogen-bond donors (Lipinski definition) is 1. The molecule has 2 aromatic rings. The number of aryl methyl sites for hydroxylation is 1. The van der Waals surface area contributed by atoms with Crippen LogP contribution >= 0.6 is 0 Å². The fourth-order valence-corrected chi connectivity index (χ4v) is 2.72. The van der Waals surface area contributed by atoms with E-state index in [0.717, 1.165) is 23.2 Å². The number of anilines is 1. The summed E-state index contributed by atoms with van der Waals surface area (Å²) in [6.07, 6.45) is 0.719. The smallest absolute Gasteiger partial charge is 0.342 e. The number of rotatable bonds is 2. The zero-order valence-corrected chi connectivity index (χ0v) is 11.6. The quantitative estimate of drug-likeness (QED) is 0.726. The number of nitrogen functional groups attached to an aromatic ring is 1. The van der Waals surface area contributed by atoms with Crippen LogP contribution in [0.5, 0.6) is 0 Å². The van der Waals surface area contributed by atoms with Gasteiger partial charge < -0.3 is 10.5 Å².